The summed E-state index contributed by atoms with van der Waals surface area (Å²) in [4.78, 5) is 2.98. The van der Waals surface area contributed by atoms with Gasteiger partial charge in [0.05, 0.1) is 24.4 Å². The molecule has 0 aliphatic carbocycles. The molecule has 0 atom stereocenters. The maximum absolute atomic E-state index is 13.7. The average molecular weight is 389 g/mol. The van der Waals surface area contributed by atoms with Gasteiger partial charge in [-0.1, -0.05) is 18.2 Å². The molecule has 0 saturated heterocycles. The van der Waals surface area contributed by atoms with Crippen LogP contribution < -0.4 is 10.1 Å². The quantitative estimate of drug-likeness (QED) is 0.467. The highest BCUT2D eigenvalue weighted by molar-refractivity contribution is 5.96. The first-order chi connectivity index (χ1) is 14.1. The third kappa shape index (κ3) is 3.63. The van der Waals surface area contributed by atoms with E-state index in [1.165, 1.54) is 6.07 Å². The zero-order valence-electron chi connectivity index (χ0n) is 15.6. The van der Waals surface area contributed by atoms with Gasteiger partial charge in [0, 0.05) is 35.3 Å². The summed E-state index contributed by atoms with van der Waals surface area (Å²) in [6.45, 7) is 0.503. The summed E-state index contributed by atoms with van der Waals surface area (Å²) in [5.41, 5.74) is 4.42. The van der Waals surface area contributed by atoms with Crippen molar-refractivity contribution in [1.29, 1.82) is 5.26 Å². The van der Waals surface area contributed by atoms with Crippen LogP contribution in [0.1, 0.15) is 11.1 Å². The SMILES string of the molecule is COc1ccc(-c2c[nH]c3cc(F)c(F)cc23)cc1NCc1cccc(C#N)c1. The lowest BCUT2D eigenvalue weighted by atomic mass is 10.0. The van der Waals surface area contributed by atoms with Gasteiger partial charge in [-0.05, 0) is 41.5 Å². The topological polar surface area (TPSA) is 60.8 Å². The summed E-state index contributed by atoms with van der Waals surface area (Å²) >= 11 is 0. The monoisotopic (exact) mass is 389 g/mol. The molecule has 0 unspecified atom stereocenters. The third-order valence-corrected chi connectivity index (χ3v) is 4.77. The van der Waals surface area contributed by atoms with Crippen molar-refractivity contribution < 1.29 is 13.5 Å². The van der Waals surface area contributed by atoms with E-state index in [1.807, 2.05) is 36.4 Å². The summed E-state index contributed by atoms with van der Waals surface area (Å²) in [6.07, 6.45) is 1.73. The largest absolute Gasteiger partial charge is 0.495 e. The lowest BCUT2D eigenvalue weighted by Gasteiger charge is -2.13. The van der Waals surface area contributed by atoms with Gasteiger partial charge in [-0.15, -0.1) is 0 Å². The standard InChI is InChI=1S/C23H17F2N3O/c1-29-23-6-5-16(18-13-28-21-10-20(25)19(24)9-17(18)21)8-22(23)27-12-15-4-2-3-14(7-15)11-26/h2-10,13,27-28H,12H2,1H3. The lowest BCUT2D eigenvalue weighted by molar-refractivity contribution is 0.416. The van der Waals surface area contributed by atoms with Crippen LogP contribution in [0, 0.1) is 23.0 Å². The van der Waals surface area contributed by atoms with Gasteiger partial charge < -0.3 is 15.0 Å². The normalized spacial score (nSPS) is 10.7. The summed E-state index contributed by atoms with van der Waals surface area (Å²) in [7, 11) is 1.58. The van der Waals surface area contributed by atoms with Crippen molar-refractivity contribution in [2.75, 3.05) is 12.4 Å². The van der Waals surface area contributed by atoms with Gasteiger partial charge in [0.25, 0.3) is 0 Å². The molecule has 6 heteroatoms. The van der Waals surface area contributed by atoms with E-state index in [9.17, 15) is 8.78 Å². The van der Waals surface area contributed by atoms with Crippen LogP contribution in [0.5, 0.6) is 5.75 Å². The number of aromatic amines is 1. The molecule has 0 fully saturated rings. The van der Waals surface area contributed by atoms with E-state index in [1.54, 1.807) is 19.4 Å². The predicted molar refractivity (Wildman–Crippen MR) is 109 cm³/mol. The van der Waals surface area contributed by atoms with Crippen LogP contribution in [0.15, 0.2) is 60.8 Å². The Balaban J connectivity index is 1.68. The van der Waals surface area contributed by atoms with E-state index in [0.29, 0.717) is 28.8 Å². The Hall–Kier alpha value is -3.85. The third-order valence-electron chi connectivity index (χ3n) is 4.77. The fourth-order valence-corrected chi connectivity index (χ4v) is 3.32. The highest BCUT2D eigenvalue weighted by Gasteiger charge is 2.13. The molecule has 0 aliphatic heterocycles. The Morgan fingerprint density at radius 2 is 1.90 bits per heavy atom. The molecule has 0 amide bonds. The minimum atomic E-state index is -0.886. The number of halogens is 2. The van der Waals surface area contributed by atoms with Crippen LogP contribution in [-0.4, -0.2) is 12.1 Å². The van der Waals surface area contributed by atoms with Crippen LogP contribution in [0.4, 0.5) is 14.5 Å². The summed E-state index contributed by atoms with van der Waals surface area (Å²) < 4.78 is 32.7. The van der Waals surface area contributed by atoms with Crippen molar-refractivity contribution in [3.63, 3.8) is 0 Å². The molecule has 2 N–H and O–H groups in total. The first kappa shape index (κ1) is 18.5. The van der Waals surface area contributed by atoms with Crippen molar-refractivity contribution in [2.24, 2.45) is 0 Å². The number of aromatic nitrogens is 1. The number of ether oxygens (including phenoxy) is 1. The molecule has 4 aromatic rings. The lowest BCUT2D eigenvalue weighted by Crippen LogP contribution is -2.02. The molecule has 3 aromatic carbocycles. The van der Waals surface area contributed by atoms with Gasteiger partial charge >= 0.3 is 0 Å². The van der Waals surface area contributed by atoms with Crippen molar-refractivity contribution in [3.8, 4) is 22.9 Å². The highest BCUT2D eigenvalue weighted by atomic mass is 19.2. The number of H-pyrrole nitrogens is 1. The molecular formula is C23H17F2N3O. The molecule has 4 rings (SSSR count). The second-order valence-corrected chi connectivity index (χ2v) is 6.60. The molecule has 0 bridgehead atoms. The molecule has 29 heavy (non-hydrogen) atoms. The minimum Gasteiger partial charge on any atom is -0.495 e. The molecule has 4 nitrogen and oxygen atoms in total. The molecule has 1 aromatic heterocycles. The summed E-state index contributed by atoms with van der Waals surface area (Å²) in [5, 5.41) is 13.0. The van der Waals surface area contributed by atoms with Crippen LogP contribution in [0.2, 0.25) is 0 Å². The van der Waals surface area contributed by atoms with Gasteiger partial charge in [0.15, 0.2) is 11.6 Å². The Kier molecular flexibility index (Phi) is 4.88. The molecule has 0 saturated carbocycles. The van der Waals surface area contributed by atoms with Gasteiger partial charge in [-0.25, -0.2) is 8.78 Å². The summed E-state index contributed by atoms with van der Waals surface area (Å²) in [6, 6.07) is 17.4. The highest BCUT2D eigenvalue weighted by Crippen LogP contribution is 2.35. The van der Waals surface area contributed by atoms with E-state index in [-0.39, 0.29) is 0 Å². The molecule has 0 spiro atoms. The minimum absolute atomic E-state index is 0.503. The van der Waals surface area contributed by atoms with E-state index in [2.05, 4.69) is 16.4 Å². The smallest absolute Gasteiger partial charge is 0.160 e. The Bertz CT molecular complexity index is 1240. The first-order valence-electron chi connectivity index (χ1n) is 8.96. The molecule has 1 heterocycles. The van der Waals surface area contributed by atoms with E-state index < -0.39 is 11.6 Å². The average Bonchev–Trinajstić information content (AvgIpc) is 3.15. The molecule has 144 valence electrons. The molecular weight excluding hydrogens is 372 g/mol. The van der Waals surface area contributed by atoms with Gasteiger partial charge in [-0.3, -0.25) is 0 Å². The van der Waals surface area contributed by atoms with Crippen molar-refractivity contribution in [1.82, 2.24) is 4.98 Å². The number of methoxy groups -OCH3 is 1. The maximum Gasteiger partial charge on any atom is 0.160 e. The van der Waals surface area contributed by atoms with Crippen molar-refractivity contribution in [2.45, 2.75) is 6.54 Å². The van der Waals surface area contributed by atoms with Gasteiger partial charge in [0.2, 0.25) is 0 Å². The number of rotatable bonds is 5. The number of anilines is 1. The van der Waals surface area contributed by atoms with E-state index in [0.717, 1.165) is 28.4 Å². The zero-order chi connectivity index (χ0) is 20.4. The zero-order valence-corrected chi connectivity index (χ0v) is 15.6. The second kappa shape index (κ2) is 7.64. The maximum atomic E-state index is 13.7. The number of fused-ring (bicyclic) bond motifs is 1. The van der Waals surface area contributed by atoms with Crippen LogP contribution in [0.3, 0.4) is 0 Å². The fourth-order valence-electron chi connectivity index (χ4n) is 3.32. The number of hydrogen-bond acceptors (Lipinski definition) is 3. The number of benzene rings is 3. The van der Waals surface area contributed by atoms with Crippen LogP contribution in [-0.2, 0) is 6.54 Å². The second-order valence-electron chi connectivity index (χ2n) is 6.60. The Labute approximate surface area is 166 Å². The number of nitrogens with one attached hydrogen (secondary N) is 2. The van der Waals surface area contributed by atoms with Gasteiger partial charge in [0.1, 0.15) is 5.75 Å². The number of nitriles is 1. The van der Waals surface area contributed by atoms with Crippen LogP contribution in [0.25, 0.3) is 22.0 Å². The molecule has 0 aliphatic rings. The molecule has 0 radical (unpaired) electrons. The fraction of sp³-hybridized carbons (Fsp3) is 0.0870. The van der Waals surface area contributed by atoms with E-state index >= 15 is 0 Å². The predicted octanol–water partition coefficient (Wildman–Crippen LogP) is 5.61. The first-order valence-corrected chi connectivity index (χ1v) is 8.96. The van der Waals surface area contributed by atoms with Gasteiger partial charge in [-0.2, -0.15) is 5.26 Å². The van der Waals surface area contributed by atoms with E-state index in [4.69, 9.17) is 10.00 Å². The van der Waals surface area contributed by atoms with Crippen molar-refractivity contribution in [3.05, 3.63) is 83.6 Å². The Morgan fingerprint density at radius 1 is 1.07 bits per heavy atom. The number of nitrogens with zero attached hydrogens (tertiary/aromatic N) is 1. The van der Waals surface area contributed by atoms with Crippen molar-refractivity contribution >= 4 is 16.6 Å². The summed E-state index contributed by atoms with van der Waals surface area (Å²) in [5.74, 6) is -1.12. The number of hydrogen-bond donors (Lipinski definition) is 2. The van der Waals surface area contributed by atoms with Crippen LogP contribution >= 0.6 is 0 Å². The Morgan fingerprint density at radius 3 is 2.69 bits per heavy atom.